The molecular formula is C8H15NO4. The predicted molar refractivity (Wildman–Crippen MR) is 46.4 cm³/mol. The summed E-state index contributed by atoms with van der Waals surface area (Å²) in [5, 5.41) is 26.0. The lowest BCUT2D eigenvalue weighted by Gasteiger charge is -2.20. The normalized spacial score (nSPS) is 12.3. The van der Waals surface area contributed by atoms with Crippen LogP contribution < -0.4 is 0 Å². The fraction of sp³-hybridized carbons (Fsp3) is 0.625. The van der Waals surface area contributed by atoms with Gasteiger partial charge in [0.05, 0.1) is 0 Å². The maximum absolute atomic E-state index is 11.3. The van der Waals surface area contributed by atoms with E-state index in [1.807, 2.05) is 0 Å². The van der Waals surface area contributed by atoms with Gasteiger partial charge in [0.25, 0.3) is 5.91 Å². The molecule has 0 aliphatic rings. The smallest absolute Gasteiger partial charge is 0.253 e. The Balaban J connectivity index is 4.32. The molecule has 0 aromatic heterocycles. The van der Waals surface area contributed by atoms with Gasteiger partial charge in [0, 0.05) is 18.1 Å². The Morgan fingerprint density at radius 3 is 2.15 bits per heavy atom. The largest absolute Gasteiger partial charge is 0.396 e. The van der Waals surface area contributed by atoms with Crippen molar-refractivity contribution in [2.75, 3.05) is 20.1 Å². The topological polar surface area (TPSA) is 81.0 Å². The quantitative estimate of drug-likeness (QED) is 0.379. The molecule has 5 heteroatoms. The molecule has 1 unspecified atom stereocenters. The number of carbonyl (C=O) groups excluding carboxylic acids is 1. The van der Waals surface area contributed by atoms with Crippen molar-refractivity contribution >= 4 is 5.91 Å². The molecule has 0 spiro atoms. The maximum Gasteiger partial charge on any atom is 0.253 e. The minimum absolute atomic E-state index is 0.172. The van der Waals surface area contributed by atoms with Crippen LogP contribution >= 0.6 is 0 Å². The second-order valence-electron chi connectivity index (χ2n) is 2.74. The number of aliphatic hydroxyl groups excluding tert-OH is 3. The third kappa shape index (κ3) is 3.14. The fourth-order valence-electron chi connectivity index (χ4n) is 0.697. The van der Waals surface area contributed by atoms with Gasteiger partial charge in [-0.3, -0.25) is 9.69 Å². The van der Waals surface area contributed by atoms with Crippen molar-refractivity contribution in [2.24, 2.45) is 5.92 Å². The van der Waals surface area contributed by atoms with E-state index in [9.17, 15) is 4.79 Å². The van der Waals surface area contributed by atoms with Crippen molar-refractivity contribution in [1.29, 1.82) is 0 Å². The molecule has 1 amide bonds. The number of rotatable bonds is 5. The Morgan fingerprint density at radius 1 is 1.38 bits per heavy atom. The van der Waals surface area contributed by atoms with Crippen LogP contribution in [0.5, 0.6) is 0 Å². The minimum Gasteiger partial charge on any atom is -0.396 e. The Morgan fingerprint density at radius 2 is 1.85 bits per heavy atom. The molecule has 76 valence electrons. The van der Waals surface area contributed by atoms with Crippen LogP contribution in [-0.4, -0.2) is 46.2 Å². The van der Waals surface area contributed by atoms with Gasteiger partial charge in [0.15, 0.2) is 0 Å². The summed E-state index contributed by atoms with van der Waals surface area (Å²) in [6.07, 6.45) is 0. The van der Waals surface area contributed by atoms with Crippen LogP contribution in [0.1, 0.15) is 6.92 Å². The molecule has 5 nitrogen and oxygen atoms in total. The standard InChI is InChI=1S/C8H15NO4/c1-6(3-10)7(2)8(13)9(4-11)5-12/h6,10-12H,2-5H2,1H3. The summed E-state index contributed by atoms with van der Waals surface area (Å²) in [5.41, 5.74) is 0.172. The second kappa shape index (κ2) is 5.69. The van der Waals surface area contributed by atoms with E-state index in [1.54, 1.807) is 6.92 Å². The molecule has 0 aliphatic heterocycles. The van der Waals surface area contributed by atoms with Gasteiger partial charge in [-0.25, -0.2) is 0 Å². The SMILES string of the molecule is C=C(C(=O)N(CO)CO)C(C)CO. The highest BCUT2D eigenvalue weighted by Crippen LogP contribution is 2.10. The third-order valence-electron chi connectivity index (χ3n) is 1.77. The van der Waals surface area contributed by atoms with Crippen LogP contribution in [0.3, 0.4) is 0 Å². The highest BCUT2D eigenvalue weighted by molar-refractivity contribution is 5.93. The fourth-order valence-corrected chi connectivity index (χ4v) is 0.697. The van der Waals surface area contributed by atoms with Crippen LogP contribution in [0, 0.1) is 5.92 Å². The Labute approximate surface area is 76.9 Å². The van der Waals surface area contributed by atoms with Gasteiger partial charge >= 0.3 is 0 Å². The van der Waals surface area contributed by atoms with E-state index < -0.39 is 19.4 Å². The first-order valence-electron chi connectivity index (χ1n) is 3.89. The zero-order valence-electron chi connectivity index (χ0n) is 7.60. The summed E-state index contributed by atoms with van der Waals surface area (Å²) < 4.78 is 0. The van der Waals surface area contributed by atoms with Gasteiger partial charge < -0.3 is 15.3 Å². The van der Waals surface area contributed by atoms with E-state index in [1.165, 1.54) is 0 Å². The summed E-state index contributed by atoms with van der Waals surface area (Å²) in [6.45, 7) is 3.79. The molecule has 0 aromatic carbocycles. The average Bonchev–Trinajstić information content (AvgIpc) is 2.17. The molecule has 0 aliphatic carbocycles. The Kier molecular flexibility index (Phi) is 5.29. The first kappa shape index (κ1) is 12.1. The van der Waals surface area contributed by atoms with Gasteiger partial charge in [-0.1, -0.05) is 13.5 Å². The molecule has 3 N–H and O–H groups in total. The van der Waals surface area contributed by atoms with E-state index in [-0.39, 0.29) is 18.1 Å². The van der Waals surface area contributed by atoms with Gasteiger partial charge in [0.2, 0.25) is 0 Å². The molecular weight excluding hydrogens is 174 g/mol. The lowest BCUT2D eigenvalue weighted by Crippen LogP contribution is -2.35. The Bertz CT molecular complexity index is 189. The first-order valence-corrected chi connectivity index (χ1v) is 3.89. The van der Waals surface area contributed by atoms with Gasteiger partial charge in [-0.05, 0) is 0 Å². The molecule has 0 aromatic rings. The molecule has 0 bridgehead atoms. The van der Waals surface area contributed by atoms with Crippen molar-refractivity contribution in [3.05, 3.63) is 12.2 Å². The molecule has 0 saturated carbocycles. The van der Waals surface area contributed by atoms with E-state index in [2.05, 4.69) is 6.58 Å². The summed E-state index contributed by atoms with van der Waals surface area (Å²) >= 11 is 0. The lowest BCUT2D eigenvalue weighted by atomic mass is 10.0. The van der Waals surface area contributed by atoms with E-state index in [0.29, 0.717) is 0 Å². The van der Waals surface area contributed by atoms with Crippen LogP contribution in [0.4, 0.5) is 0 Å². The van der Waals surface area contributed by atoms with Crippen LogP contribution in [0.15, 0.2) is 12.2 Å². The van der Waals surface area contributed by atoms with Crippen LogP contribution in [-0.2, 0) is 4.79 Å². The minimum atomic E-state index is -0.563. The van der Waals surface area contributed by atoms with Crippen molar-refractivity contribution in [3.8, 4) is 0 Å². The number of carbonyl (C=O) groups is 1. The highest BCUT2D eigenvalue weighted by Gasteiger charge is 2.18. The summed E-state index contributed by atoms with van der Waals surface area (Å²) in [5.74, 6) is -0.917. The maximum atomic E-state index is 11.3. The second-order valence-corrected chi connectivity index (χ2v) is 2.74. The molecule has 0 heterocycles. The van der Waals surface area contributed by atoms with Gasteiger partial charge in [-0.2, -0.15) is 0 Å². The molecule has 0 fully saturated rings. The summed E-state index contributed by atoms with van der Waals surface area (Å²) in [4.78, 5) is 12.1. The van der Waals surface area contributed by atoms with Gasteiger partial charge in [-0.15, -0.1) is 0 Å². The van der Waals surface area contributed by atoms with E-state index in [0.717, 1.165) is 4.90 Å². The number of hydrogen-bond donors (Lipinski definition) is 3. The van der Waals surface area contributed by atoms with Crippen molar-refractivity contribution in [1.82, 2.24) is 4.90 Å². The highest BCUT2D eigenvalue weighted by atomic mass is 16.3. The molecule has 0 radical (unpaired) electrons. The van der Waals surface area contributed by atoms with Crippen molar-refractivity contribution < 1.29 is 20.1 Å². The van der Waals surface area contributed by atoms with Crippen LogP contribution in [0.2, 0.25) is 0 Å². The zero-order valence-corrected chi connectivity index (χ0v) is 7.60. The van der Waals surface area contributed by atoms with E-state index >= 15 is 0 Å². The van der Waals surface area contributed by atoms with Gasteiger partial charge in [0.1, 0.15) is 13.5 Å². The molecule has 1 atom stereocenters. The average molecular weight is 189 g/mol. The van der Waals surface area contributed by atoms with Crippen molar-refractivity contribution in [3.63, 3.8) is 0 Å². The lowest BCUT2D eigenvalue weighted by molar-refractivity contribution is -0.135. The summed E-state index contributed by atoms with van der Waals surface area (Å²) in [7, 11) is 0. The monoisotopic (exact) mass is 189 g/mol. The molecule has 0 rings (SSSR count). The number of nitrogens with zero attached hydrogens (tertiary/aromatic N) is 1. The number of hydrogen-bond acceptors (Lipinski definition) is 4. The third-order valence-corrected chi connectivity index (χ3v) is 1.77. The van der Waals surface area contributed by atoms with Crippen molar-refractivity contribution in [2.45, 2.75) is 6.92 Å². The predicted octanol–water partition coefficient (Wildman–Crippen LogP) is -1.10. The Hall–Kier alpha value is -0.910. The van der Waals surface area contributed by atoms with E-state index in [4.69, 9.17) is 15.3 Å². The number of amides is 1. The molecule has 13 heavy (non-hydrogen) atoms. The first-order chi connectivity index (χ1) is 6.08. The van der Waals surface area contributed by atoms with Crippen LogP contribution in [0.25, 0.3) is 0 Å². The molecule has 0 saturated heterocycles. The number of aliphatic hydroxyl groups is 3. The zero-order chi connectivity index (χ0) is 10.4. The summed E-state index contributed by atoms with van der Waals surface area (Å²) in [6, 6.07) is 0.